The number of carbonyl (C=O) groups is 2. The van der Waals surface area contributed by atoms with Gasteiger partial charge in [-0.1, -0.05) is 6.07 Å². The van der Waals surface area contributed by atoms with E-state index in [-0.39, 0.29) is 11.8 Å². The second-order valence-corrected chi connectivity index (χ2v) is 7.88. The lowest BCUT2D eigenvalue weighted by Crippen LogP contribution is -2.51. The Morgan fingerprint density at radius 2 is 2.04 bits per heavy atom. The van der Waals surface area contributed by atoms with Crippen molar-refractivity contribution in [2.24, 2.45) is 0 Å². The van der Waals surface area contributed by atoms with Crippen molar-refractivity contribution in [1.82, 2.24) is 20.1 Å². The molecule has 0 saturated carbocycles. The first-order chi connectivity index (χ1) is 12.1. The van der Waals surface area contributed by atoms with Gasteiger partial charge in [-0.25, -0.2) is 4.98 Å². The summed E-state index contributed by atoms with van der Waals surface area (Å²) < 4.78 is 0. The largest absolute Gasteiger partial charge is 0.355 e. The van der Waals surface area contributed by atoms with E-state index in [4.69, 9.17) is 0 Å². The molecule has 1 N–H and O–H groups in total. The number of rotatable bonds is 5. The number of aryl methyl sites for hydroxylation is 1. The molecule has 3 heterocycles. The van der Waals surface area contributed by atoms with Gasteiger partial charge >= 0.3 is 0 Å². The maximum Gasteiger partial charge on any atom is 0.265 e. The number of thiophene rings is 1. The molecule has 0 aliphatic carbocycles. The summed E-state index contributed by atoms with van der Waals surface area (Å²) in [6, 6.07) is 4.02. The van der Waals surface area contributed by atoms with Gasteiger partial charge in [-0.2, -0.15) is 0 Å². The molecule has 0 aromatic carbocycles. The van der Waals surface area contributed by atoms with Gasteiger partial charge in [0, 0.05) is 32.7 Å². The molecule has 2 amide bonds. The molecular weight excluding hydrogens is 356 g/mol. The van der Waals surface area contributed by atoms with Crippen LogP contribution in [0.3, 0.4) is 0 Å². The van der Waals surface area contributed by atoms with Gasteiger partial charge in [0.2, 0.25) is 5.91 Å². The first kappa shape index (κ1) is 18.0. The van der Waals surface area contributed by atoms with Crippen molar-refractivity contribution in [2.75, 3.05) is 39.3 Å². The second-order valence-electron chi connectivity index (χ2n) is 5.93. The van der Waals surface area contributed by atoms with Crippen LogP contribution in [0.15, 0.2) is 17.5 Å². The van der Waals surface area contributed by atoms with Crippen molar-refractivity contribution in [2.45, 2.75) is 13.8 Å². The highest BCUT2D eigenvalue weighted by molar-refractivity contribution is 7.22. The molecule has 0 atom stereocenters. The van der Waals surface area contributed by atoms with E-state index in [1.807, 2.05) is 36.3 Å². The topological polar surface area (TPSA) is 65.5 Å². The molecule has 0 spiro atoms. The van der Waals surface area contributed by atoms with Crippen LogP contribution in [-0.4, -0.2) is 65.9 Å². The highest BCUT2D eigenvalue weighted by Crippen LogP contribution is 2.31. The van der Waals surface area contributed by atoms with Crippen molar-refractivity contribution in [1.29, 1.82) is 0 Å². The van der Waals surface area contributed by atoms with Gasteiger partial charge in [-0.05, 0) is 25.3 Å². The highest BCUT2D eigenvalue weighted by Gasteiger charge is 2.26. The molecule has 0 radical (unpaired) electrons. The summed E-state index contributed by atoms with van der Waals surface area (Å²) in [5.41, 5.74) is 0.795. The molecule has 8 heteroatoms. The lowest BCUT2D eigenvalue weighted by molar-refractivity contribution is -0.122. The Morgan fingerprint density at radius 3 is 2.68 bits per heavy atom. The number of carbonyl (C=O) groups excluding carboxylic acids is 2. The van der Waals surface area contributed by atoms with E-state index < -0.39 is 0 Å². The summed E-state index contributed by atoms with van der Waals surface area (Å²) in [7, 11) is 0. The average molecular weight is 379 g/mol. The molecule has 0 unspecified atom stereocenters. The Kier molecular flexibility index (Phi) is 5.82. The lowest BCUT2D eigenvalue weighted by Gasteiger charge is -2.34. The predicted molar refractivity (Wildman–Crippen MR) is 101 cm³/mol. The number of nitrogens with one attached hydrogen (secondary N) is 1. The van der Waals surface area contributed by atoms with Gasteiger partial charge in [-0.3, -0.25) is 14.5 Å². The molecule has 3 rings (SSSR count). The van der Waals surface area contributed by atoms with Crippen LogP contribution in [0.2, 0.25) is 0 Å². The number of aromatic nitrogens is 1. The molecule has 1 saturated heterocycles. The third-order valence-electron chi connectivity index (χ3n) is 4.12. The van der Waals surface area contributed by atoms with Gasteiger partial charge < -0.3 is 10.2 Å². The van der Waals surface area contributed by atoms with E-state index in [1.54, 1.807) is 11.3 Å². The highest BCUT2D eigenvalue weighted by atomic mass is 32.1. The van der Waals surface area contributed by atoms with Crippen LogP contribution in [0.25, 0.3) is 9.88 Å². The Bertz CT molecular complexity index is 734. The summed E-state index contributed by atoms with van der Waals surface area (Å²) in [6.07, 6.45) is 0. The van der Waals surface area contributed by atoms with Crippen molar-refractivity contribution in [3.8, 4) is 9.88 Å². The third-order valence-corrected chi connectivity index (χ3v) is 6.31. The van der Waals surface area contributed by atoms with E-state index in [0.717, 1.165) is 33.5 Å². The minimum atomic E-state index is 0.0427. The lowest BCUT2D eigenvalue weighted by atomic mass is 10.2. The van der Waals surface area contributed by atoms with Crippen molar-refractivity contribution in [3.63, 3.8) is 0 Å². The van der Waals surface area contributed by atoms with E-state index in [1.165, 1.54) is 11.3 Å². The van der Waals surface area contributed by atoms with Crippen LogP contribution in [0.1, 0.15) is 22.3 Å². The van der Waals surface area contributed by atoms with Crippen molar-refractivity contribution >= 4 is 34.5 Å². The molecule has 1 aliphatic heterocycles. The minimum Gasteiger partial charge on any atom is -0.355 e. The molecule has 2 aromatic heterocycles. The van der Waals surface area contributed by atoms with E-state index in [0.29, 0.717) is 26.2 Å². The quantitative estimate of drug-likeness (QED) is 0.865. The standard InChI is InChI=1S/C17H22N4O2S2/c1-3-18-14(22)11-20-6-8-21(9-7-20)17(23)15-12(2)19-16(25-15)13-5-4-10-24-13/h4-5,10H,3,6-9,11H2,1-2H3,(H,18,22). The number of hydrogen-bond donors (Lipinski definition) is 1. The molecule has 134 valence electrons. The zero-order valence-electron chi connectivity index (χ0n) is 14.4. The number of thiazole rings is 1. The zero-order chi connectivity index (χ0) is 17.8. The summed E-state index contributed by atoms with van der Waals surface area (Å²) >= 11 is 3.10. The van der Waals surface area contributed by atoms with Crippen LogP contribution >= 0.6 is 22.7 Å². The van der Waals surface area contributed by atoms with Crippen LogP contribution in [0.4, 0.5) is 0 Å². The summed E-state index contributed by atoms with van der Waals surface area (Å²) in [5, 5.41) is 5.73. The second kappa shape index (κ2) is 8.07. The Balaban J connectivity index is 1.60. The fraction of sp³-hybridized carbons (Fsp3) is 0.471. The fourth-order valence-electron chi connectivity index (χ4n) is 2.81. The normalized spacial score (nSPS) is 15.4. The van der Waals surface area contributed by atoms with Gasteiger partial charge in [0.25, 0.3) is 5.91 Å². The first-order valence-electron chi connectivity index (χ1n) is 8.38. The molecular formula is C17H22N4O2S2. The number of nitrogens with zero attached hydrogens (tertiary/aromatic N) is 3. The van der Waals surface area contributed by atoms with Gasteiger partial charge in [0.1, 0.15) is 9.88 Å². The average Bonchev–Trinajstić information content (AvgIpc) is 3.24. The third kappa shape index (κ3) is 4.26. The summed E-state index contributed by atoms with van der Waals surface area (Å²) in [5.74, 6) is 0.0941. The van der Waals surface area contributed by atoms with Gasteiger partial charge in [-0.15, -0.1) is 22.7 Å². The molecule has 1 aliphatic rings. The van der Waals surface area contributed by atoms with E-state index in [9.17, 15) is 9.59 Å². The maximum absolute atomic E-state index is 12.8. The van der Waals surface area contributed by atoms with Crippen LogP contribution < -0.4 is 5.32 Å². The number of likely N-dealkylation sites (N-methyl/N-ethyl adjacent to an activating group) is 1. The molecule has 1 fully saturated rings. The van der Waals surface area contributed by atoms with Gasteiger partial charge in [0.05, 0.1) is 17.1 Å². The maximum atomic E-state index is 12.8. The van der Waals surface area contributed by atoms with E-state index >= 15 is 0 Å². The van der Waals surface area contributed by atoms with Crippen molar-refractivity contribution in [3.05, 3.63) is 28.1 Å². The van der Waals surface area contributed by atoms with Crippen molar-refractivity contribution < 1.29 is 9.59 Å². The Morgan fingerprint density at radius 1 is 1.28 bits per heavy atom. The molecule has 6 nitrogen and oxygen atoms in total. The van der Waals surface area contributed by atoms with Crippen LogP contribution in [0.5, 0.6) is 0 Å². The van der Waals surface area contributed by atoms with Gasteiger partial charge in [0.15, 0.2) is 0 Å². The SMILES string of the molecule is CCNC(=O)CN1CCN(C(=O)c2sc(-c3cccs3)nc2C)CC1. The summed E-state index contributed by atoms with van der Waals surface area (Å²) in [4.78, 5) is 34.8. The Hall–Kier alpha value is -1.77. The van der Waals surface area contributed by atoms with Crippen LogP contribution in [-0.2, 0) is 4.79 Å². The van der Waals surface area contributed by atoms with Crippen LogP contribution in [0, 0.1) is 6.92 Å². The minimum absolute atomic E-state index is 0.0427. The fourth-order valence-corrected chi connectivity index (χ4v) is 4.64. The number of hydrogen-bond acceptors (Lipinski definition) is 6. The predicted octanol–water partition coefficient (Wildman–Crippen LogP) is 2.07. The first-order valence-corrected chi connectivity index (χ1v) is 10.1. The summed E-state index contributed by atoms with van der Waals surface area (Å²) in [6.45, 7) is 7.58. The molecule has 25 heavy (non-hydrogen) atoms. The number of piperazine rings is 1. The monoisotopic (exact) mass is 378 g/mol. The smallest absolute Gasteiger partial charge is 0.265 e. The number of amides is 2. The van der Waals surface area contributed by atoms with E-state index in [2.05, 4.69) is 15.2 Å². The molecule has 0 bridgehead atoms. The Labute approximate surface area is 155 Å². The molecule has 2 aromatic rings. The zero-order valence-corrected chi connectivity index (χ0v) is 16.1.